The Morgan fingerprint density at radius 1 is 1.58 bits per heavy atom. The minimum Gasteiger partial charge on any atom is -0.377 e. The molecule has 0 bridgehead atoms. The van der Waals surface area contributed by atoms with Gasteiger partial charge in [0.05, 0.1) is 6.54 Å². The van der Waals surface area contributed by atoms with Gasteiger partial charge in [-0.15, -0.1) is 0 Å². The third-order valence-electron chi connectivity index (χ3n) is 5.09. The number of methoxy groups -OCH3 is 1. The maximum Gasteiger partial charge on any atom is 0.224 e. The van der Waals surface area contributed by atoms with Crippen LogP contribution in [0.25, 0.3) is 0 Å². The number of ether oxygens (including phenoxy) is 2. The summed E-state index contributed by atoms with van der Waals surface area (Å²) < 4.78 is 11.6. The van der Waals surface area contributed by atoms with Crippen LogP contribution in [0.2, 0.25) is 0 Å². The number of amides is 1. The minimum absolute atomic E-state index is 0.00271. The van der Waals surface area contributed by atoms with Crippen LogP contribution >= 0.6 is 0 Å². The molecule has 2 saturated heterocycles. The van der Waals surface area contributed by atoms with E-state index in [0.29, 0.717) is 19.5 Å². The van der Waals surface area contributed by atoms with Gasteiger partial charge in [-0.3, -0.25) is 9.78 Å². The summed E-state index contributed by atoms with van der Waals surface area (Å²) in [4.78, 5) is 20.8. The van der Waals surface area contributed by atoms with Crippen LogP contribution in [0.1, 0.15) is 24.8 Å². The monoisotopic (exact) mass is 333 g/mol. The molecule has 0 aliphatic carbocycles. The van der Waals surface area contributed by atoms with Gasteiger partial charge in [-0.05, 0) is 31.5 Å². The molecule has 1 amide bonds. The third-order valence-corrected chi connectivity index (χ3v) is 5.09. The van der Waals surface area contributed by atoms with Gasteiger partial charge >= 0.3 is 0 Å². The third kappa shape index (κ3) is 3.77. The average molecular weight is 333 g/mol. The standard InChI is InChI=1S/C18H27N3O3/c1-20(12-15-5-3-8-19-11-15)9-6-17(22)21-13-16(23-2)18(14-21)7-4-10-24-18/h3,5,8,11,16H,4,6-7,9-10,12-14H2,1-2H3/t16-,18-/m0/s1. The molecule has 2 fully saturated rings. The van der Waals surface area contributed by atoms with Crippen molar-refractivity contribution in [3.8, 4) is 0 Å². The number of carbonyl (C=O) groups is 1. The van der Waals surface area contributed by atoms with Gasteiger partial charge < -0.3 is 19.3 Å². The topological polar surface area (TPSA) is 54.9 Å². The lowest BCUT2D eigenvalue weighted by atomic mass is 9.96. The molecule has 1 aromatic rings. The van der Waals surface area contributed by atoms with E-state index in [9.17, 15) is 4.79 Å². The van der Waals surface area contributed by atoms with Crippen LogP contribution in [-0.2, 0) is 20.8 Å². The van der Waals surface area contributed by atoms with E-state index in [-0.39, 0.29) is 17.6 Å². The second kappa shape index (κ2) is 7.59. The first-order valence-corrected chi connectivity index (χ1v) is 8.65. The summed E-state index contributed by atoms with van der Waals surface area (Å²) in [5.74, 6) is 0.183. The van der Waals surface area contributed by atoms with Crippen molar-refractivity contribution in [2.24, 2.45) is 0 Å². The molecule has 3 heterocycles. The molecule has 2 aliphatic rings. The van der Waals surface area contributed by atoms with Gasteiger partial charge in [-0.25, -0.2) is 0 Å². The molecule has 2 aliphatic heterocycles. The quantitative estimate of drug-likeness (QED) is 0.786. The number of nitrogens with zero attached hydrogens (tertiary/aromatic N) is 3. The van der Waals surface area contributed by atoms with Crippen LogP contribution in [0, 0.1) is 0 Å². The molecule has 0 aromatic carbocycles. The molecule has 1 spiro atoms. The first-order chi connectivity index (χ1) is 11.6. The highest BCUT2D eigenvalue weighted by Crippen LogP contribution is 2.36. The number of likely N-dealkylation sites (tertiary alicyclic amines) is 1. The summed E-state index contributed by atoms with van der Waals surface area (Å²) in [6, 6.07) is 3.99. The zero-order chi connectivity index (χ0) is 17.0. The minimum atomic E-state index is -0.272. The summed E-state index contributed by atoms with van der Waals surface area (Å²) >= 11 is 0. The Labute approximate surface area is 143 Å². The van der Waals surface area contributed by atoms with Crippen molar-refractivity contribution < 1.29 is 14.3 Å². The van der Waals surface area contributed by atoms with Crippen LogP contribution in [0.5, 0.6) is 0 Å². The van der Waals surface area contributed by atoms with Crippen LogP contribution in [-0.4, -0.2) is 72.8 Å². The van der Waals surface area contributed by atoms with Crippen molar-refractivity contribution in [3.05, 3.63) is 30.1 Å². The summed E-state index contributed by atoms with van der Waals surface area (Å²) in [5.41, 5.74) is 0.887. The van der Waals surface area contributed by atoms with Crippen molar-refractivity contribution in [1.82, 2.24) is 14.8 Å². The number of hydrogen-bond acceptors (Lipinski definition) is 5. The Kier molecular flexibility index (Phi) is 5.48. The number of rotatable bonds is 6. The Balaban J connectivity index is 1.48. The van der Waals surface area contributed by atoms with E-state index in [1.165, 1.54) is 0 Å². The van der Waals surface area contributed by atoms with Gasteiger partial charge in [0, 0.05) is 52.2 Å². The van der Waals surface area contributed by atoms with E-state index in [1.54, 1.807) is 13.3 Å². The fourth-order valence-corrected chi connectivity index (χ4v) is 3.76. The predicted octanol–water partition coefficient (Wildman–Crippen LogP) is 1.31. The Morgan fingerprint density at radius 2 is 2.46 bits per heavy atom. The summed E-state index contributed by atoms with van der Waals surface area (Å²) in [5, 5.41) is 0. The van der Waals surface area contributed by atoms with E-state index in [1.807, 2.05) is 24.2 Å². The Morgan fingerprint density at radius 3 is 3.12 bits per heavy atom. The highest BCUT2D eigenvalue weighted by atomic mass is 16.6. The number of hydrogen-bond donors (Lipinski definition) is 0. The molecule has 1 aromatic heterocycles. The van der Waals surface area contributed by atoms with E-state index < -0.39 is 0 Å². The highest BCUT2D eigenvalue weighted by Gasteiger charge is 2.51. The average Bonchev–Trinajstić information content (AvgIpc) is 3.21. The van der Waals surface area contributed by atoms with Crippen LogP contribution in [0.4, 0.5) is 0 Å². The fraction of sp³-hybridized carbons (Fsp3) is 0.667. The van der Waals surface area contributed by atoms with Gasteiger partial charge in [0.2, 0.25) is 5.91 Å². The van der Waals surface area contributed by atoms with Crippen LogP contribution < -0.4 is 0 Å². The van der Waals surface area contributed by atoms with Crippen molar-refractivity contribution in [2.45, 2.75) is 37.5 Å². The summed E-state index contributed by atoms with van der Waals surface area (Å²) in [6.45, 7) is 3.61. The zero-order valence-electron chi connectivity index (χ0n) is 14.6. The van der Waals surface area contributed by atoms with Crippen molar-refractivity contribution in [1.29, 1.82) is 0 Å². The van der Waals surface area contributed by atoms with E-state index in [4.69, 9.17) is 9.47 Å². The van der Waals surface area contributed by atoms with E-state index in [2.05, 4.69) is 16.0 Å². The first kappa shape index (κ1) is 17.3. The molecule has 0 saturated carbocycles. The van der Waals surface area contributed by atoms with Crippen molar-refractivity contribution in [2.75, 3.05) is 40.4 Å². The normalized spacial score (nSPS) is 26.6. The molecule has 2 atom stereocenters. The molecular weight excluding hydrogens is 306 g/mol. The molecule has 0 radical (unpaired) electrons. The maximum atomic E-state index is 12.6. The van der Waals surface area contributed by atoms with Gasteiger partial charge in [-0.2, -0.15) is 0 Å². The molecule has 3 rings (SSSR count). The molecular formula is C18H27N3O3. The lowest BCUT2D eigenvalue weighted by Crippen LogP contribution is -2.42. The molecule has 6 heteroatoms. The lowest BCUT2D eigenvalue weighted by Gasteiger charge is -2.27. The summed E-state index contributed by atoms with van der Waals surface area (Å²) in [6.07, 6.45) is 6.18. The van der Waals surface area contributed by atoms with Gasteiger partial charge in [-0.1, -0.05) is 6.07 Å². The predicted molar refractivity (Wildman–Crippen MR) is 90.5 cm³/mol. The van der Waals surface area contributed by atoms with Gasteiger partial charge in [0.1, 0.15) is 11.7 Å². The molecule has 0 N–H and O–H groups in total. The van der Waals surface area contributed by atoms with Crippen molar-refractivity contribution in [3.63, 3.8) is 0 Å². The molecule has 6 nitrogen and oxygen atoms in total. The second-order valence-corrected chi connectivity index (χ2v) is 6.86. The van der Waals surface area contributed by atoms with Crippen LogP contribution in [0.3, 0.4) is 0 Å². The van der Waals surface area contributed by atoms with Gasteiger partial charge in [0.15, 0.2) is 0 Å². The lowest BCUT2D eigenvalue weighted by molar-refractivity contribution is -0.131. The Hall–Kier alpha value is -1.50. The van der Waals surface area contributed by atoms with Crippen molar-refractivity contribution >= 4 is 5.91 Å². The SMILES string of the molecule is CO[C@H]1CN(C(=O)CCN(C)Cc2cccnc2)C[C@@]12CCCO2. The smallest absolute Gasteiger partial charge is 0.224 e. The summed E-state index contributed by atoms with van der Waals surface area (Å²) in [7, 11) is 3.74. The first-order valence-electron chi connectivity index (χ1n) is 8.65. The molecule has 132 valence electrons. The second-order valence-electron chi connectivity index (χ2n) is 6.86. The Bertz CT molecular complexity index is 546. The fourth-order valence-electron chi connectivity index (χ4n) is 3.76. The van der Waals surface area contributed by atoms with E-state index in [0.717, 1.165) is 38.1 Å². The number of pyridine rings is 1. The van der Waals surface area contributed by atoms with Crippen LogP contribution in [0.15, 0.2) is 24.5 Å². The molecule has 24 heavy (non-hydrogen) atoms. The van der Waals surface area contributed by atoms with Gasteiger partial charge in [0.25, 0.3) is 0 Å². The number of carbonyl (C=O) groups excluding carboxylic acids is 1. The number of aromatic nitrogens is 1. The largest absolute Gasteiger partial charge is 0.377 e. The van der Waals surface area contributed by atoms with E-state index >= 15 is 0 Å². The molecule has 0 unspecified atom stereocenters. The highest BCUT2D eigenvalue weighted by molar-refractivity contribution is 5.77. The zero-order valence-corrected chi connectivity index (χ0v) is 14.6. The maximum absolute atomic E-state index is 12.6.